The second kappa shape index (κ2) is 10.4. The van der Waals surface area contributed by atoms with Crippen LogP contribution in [0, 0.1) is 41.4 Å². The number of hydrogen-bond acceptors (Lipinski definition) is 4. The molecule has 0 aromatic heterocycles. The molecule has 5 nitrogen and oxygen atoms in total. The topological polar surface area (TPSA) is 85.9 Å². The van der Waals surface area contributed by atoms with E-state index in [0.29, 0.717) is 11.3 Å². The van der Waals surface area contributed by atoms with Crippen molar-refractivity contribution in [2.45, 2.75) is 13.1 Å². The number of rotatable bonds is 5. The van der Waals surface area contributed by atoms with E-state index in [-0.39, 0.29) is 12.3 Å². The van der Waals surface area contributed by atoms with Crippen LogP contribution in [0.25, 0.3) is 0 Å². The lowest BCUT2D eigenvalue weighted by atomic mass is 10.1. The molecule has 2 rings (SSSR count). The van der Waals surface area contributed by atoms with Crippen molar-refractivity contribution < 1.29 is 22.7 Å². The minimum atomic E-state index is -4.70. The first-order chi connectivity index (χ1) is 13.7. The summed E-state index contributed by atoms with van der Waals surface area (Å²) in [5.41, 5.74) is -1.21. The summed E-state index contributed by atoms with van der Waals surface area (Å²) in [5.74, 6) is -0.710. The predicted molar refractivity (Wildman–Crippen MR) is 100 cm³/mol. The van der Waals surface area contributed by atoms with Crippen LogP contribution in [-0.2, 0) is 11.0 Å². The highest BCUT2D eigenvalue weighted by Crippen LogP contribution is 2.33. The fraction of sp³-hybridized carbons (Fsp3) is 0.190. The molecule has 1 N–H and O–H groups in total. The van der Waals surface area contributed by atoms with Gasteiger partial charge in [-0.3, -0.25) is 4.79 Å². The molecule has 1 amide bonds. The summed E-state index contributed by atoms with van der Waals surface area (Å²) in [7, 11) is 0. The molecule has 0 bridgehead atoms. The lowest BCUT2D eigenvalue weighted by molar-refractivity contribution is -0.137. The zero-order chi connectivity index (χ0) is 22.0. The van der Waals surface area contributed by atoms with Gasteiger partial charge in [0.05, 0.1) is 41.4 Å². The Hall–Kier alpha value is -3.96. The Morgan fingerprint density at radius 1 is 1.14 bits per heavy atom. The number of nitrogens with one attached hydrogen (secondary N) is 1. The van der Waals surface area contributed by atoms with Gasteiger partial charge < -0.3 is 10.1 Å². The summed E-state index contributed by atoms with van der Waals surface area (Å²) in [4.78, 5) is 12.2. The van der Waals surface area contributed by atoms with Crippen LogP contribution in [0.15, 0.2) is 42.5 Å². The Kier molecular flexibility index (Phi) is 8.27. The molecular weight excluding hydrogens is 383 g/mol. The van der Waals surface area contributed by atoms with Gasteiger partial charge in [-0.05, 0) is 42.5 Å². The number of carbonyl (C=O) groups is 1. The van der Waals surface area contributed by atoms with Crippen molar-refractivity contribution in [1.29, 1.82) is 10.5 Å². The van der Waals surface area contributed by atoms with Crippen LogP contribution in [0.1, 0.15) is 23.6 Å². The van der Waals surface area contributed by atoms with Crippen LogP contribution in [0.2, 0.25) is 0 Å². The number of alkyl halides is 3. The monoisotopic (exact) mass is 399 g/mol. The van der Waals surface area contributed by atoms with E-state index in [2.05, 4.69) is 18.2 Å². The second-order valence-electron chi connectivity index (χ2n) is 5.71. The van der Waals surface area contributed by atoms with Crippen LogP contribution in [-0.4, -0.2) is 12.5 Å². The number of benzene rings is 2. The molecule has 148 valence electrons. The molecule has 29 heavy (non-hydrogen) atoms. The molecule has 0 unspecified atom stereocenters. The van der Waals surface area contributed by atoms with Gasteiger partial charge in [0.25, 0.3) is 0 Å². The molecule has 2 aromatic carbocycles. The Morgan fingerprint density at radius 2 is 1.76 bits per heavy atom. The average molecular weight is 399 g/mol. The zero-order valence-corrected chi connectivity index (χ0v) is 15.3. The highest BCUT2D eigenvalue weighted by atomic mass is 19.4. The van der Waals surface area contributed by atoms with Gasteiger partial charge in [-0.1, -0.05) is 6.92 Å². The number of anilines is 1. The number of carbonyl (C=O) groups excluding carboxylic acids is 1. The quantitative estimate of drug-likeness (QED) is 0.758. The Bertz CT molecular complexity index is 952. The van der Waals surface area contributed by atoms with Crippen LogP contribution < -0.4 is 10.1 Å². The molecular formula is C21H16F3N3O2. The van der Waals surface area contributed by atoms with Crippen molar-refractivity contribution >= 4 is 11.6 Å². The fourth-order valence-corrected chi connectivity index (χ4v) is 2.14. The van der Waals surface area contributed by atoms with Gasteiger partial charge in [0, 0.05) is 5.69 Å². The molecule has 0 radical (unpaired) electrons. The van der Waals surface area contributed by atoms with Gasteiger partial charge in [-0.15, -0.1) is 12.8 Å². The third-order valence-electron chi connectivity index (χ3n) is 3.64. The summed E-state index contributed by atoms with van der Waals surface area (Å²) < 4.78 is 44.4. The van der Waals surface area contributed by atoms with Crippen LogP contribution >= 0.6 is 0 Å². The largest absolute Gasteiger partial charge is 0.493 e. The van der Waals surface area contributed by atoms with Crippen LogP contribution in [0.5, 0.6) is 5.75 Å². The van der Waals surface area contributed by atoms with E-state index in [9.17, 15) is 18.0 Å². The summed E-state index contributed by atoms with van der Waals surface area (Å²) in [6.45, 7) is 1.56. The van der Waals surface area contributed by atoms with Crippen LogP contribution in [0.3, 0.4) is 0 Å². The Labute approximate surface area is 166 Å². The Balaban J connectivity index is 0.00000204. The van der Waals surface area contributed by atoms with Crippen molar-refractivity contribution in [2.24, 2.45) is 5.92 Å². The number of hydrogen-bond donors (Lipinski definition) is 1. The number of amides is 1. The molecule has 0 heterocycles. The first kappa shape index (κ1) is 23.1. The second-order valence-corrected chi connectivity index (χ2v) is 5.71. The smallest absolute Gasteiger partial charge is 0.417 e. The van der Waals surface area contributed by atoms with Gasteiger partial charge in [0.2, 0.25) is 5.91 Å². The van der Waals surface area contributed by atoms with Crippen molar-refractivity contribution in [3.05, 3.63) is 59.2 Å². The minimum absolute atomic E-state index is 0.000140. The fourth-order valence-electron chi connectivity index (χ4n) is 2.14. The van der Waals surface area contributed by atoms with E-state index >= 15 is 0 Å². The Morgan fingerprint density at radius 3 is 2.28 bits per heavy atom. The standard InChI is InChI=1S/C19H14F3N3O2.C2H2/c1-12(11-27-16-6-2-13(9-23)3-7-16)18(26)25-15-5-4-14(10-24)17(8-15)19(20,21)22;1-2/h2-8,12H,11H2,1H3,(H,25,26);1-2H/t12-;/m1./s1. The molecule has 0 fully saturated rings. The van der Waals surface area contributed by atoms with E-state index < -0.39 is 29.1 Å². The molecule has 0 aliphatic heterocycles. The summed E-state index contributed by atoms with van der Waals surface area (Å²) in [6.07, 6.45) is 3.30. The number of ether oxygens (including phenoxy) is 1. The molecule has 0 aliphatic rings. The normalized spacial score (nSPS) is 11.0. The van der Waals surface area contributed by atoms with E-state index in [0.717, 1.165) is 12.1 Å². The van der Waals surface area contributed by atoms with Crippen molar-refractivity contribution in [3.8, 4) is 30.7 Å². The first-order valence-corrected chi connectivity index (χ1v) is 8.13. The molecule has 0 aliphatic carbocycles. The van der Waals surface area contributed by atoms with E-state index in [1.165, 1.54) is 12.1 Å². The maximum absolute atomic E-state index is 13.0. The number of nitrogens with zero attached hydrogens (tertiary/aromatic N) is 2. The summed E-state index contributed by atoms with van der Waals surface area (Å²) in [6, 6.07) is 12.7. The number of nitriles is 2. The van der Waals surface area contributed by atoms with Crippen molar-refractivity contribution in [1.82, 2.24) is 0 Å². The molecule has 0 spiro atoms. The van der Waals surface area contributed by atoms with Gasteiger partial charge in [-0.2, -0.15) is 23.7 Å². The zero-order valence-electron chi connectivity index (χ0n) is 15.3. The molecule has 0 saturated heterocycles. The van der Waals surface area contributed by atoms with Crippen molar-refractivity contribution in [3.63, 3.8) is 0 Å². The third-order valence-corrected chi connectivity index (χ3v) is 3.64. The summed E-state index contributed by atoms with van der Waals surface area (Å²) >= 11 is 0. The molecule has 8 heteroatoms. The SMILES string of the molecule is C#C.C[C@H](COc1ccc(C#N)cc1)C(=O)Nc1ccc(C#N)c(C(F)(F)F)c1. The van der Waals surface area contributed by atoms with Gasteiger partial charge in [-0.25, -0.2) is 0 Å². The van der Waals surface area contributed by atoms with Gasteiger partial charge in [0.15, 0.2) is 0 Å². The highest BCUT2D eigenvalue weighted by molar-refractivity contribution is 5.92. The number of halogens is 3. The maximum atomic E-state index is 13.0. The van der Waals surface area contributed by atoms with Crippen LogP contribution in [0.4, 0.5) is 18.9 Å². The highest BCUT2D eigenvalue weighted by Gasteiger charge is 2.34. The third kappa shape index (κ3) is 6.61. The van der Waals surface area contributed by atoms with Gasteiger partial charge in [0.1, 0.15) is 5.75 Å². The summed E-state index contributed by atoms with van der Waals surface area (Å²) in [5, 5.41) is 19.9. The predicted octanol–water partition coefficient (Wildman–Crippen LogP) is 4.35. The molecule has 2 aromatic rings. The number of terminal acetylenes is 1. The minimum Gasteiger partial charge on any atom is -0.493 e. The maximum Gasteiger partial charge on any atom is 0.417 e. The van der Waals surface area contributed by atoms with E-state index in [4.69, 9.17) is 15.3 Å². The van der Waals surface area contributed by atoms with E-state index in [1.807, 2.05) is 6.07 Å². The molecule has 1 atom stereocenters. The van der Waals surface area contributed by atoms with Crippen molar-refractivity contribution in [2.75, 3.05) is 11.9 Å². The molecule has 0 saturated carbocycles. The lowest BCUT2D eigenvalue weighted by Crippen LogP contribution is -2.25. The van der Waals surface area contributed by atoms with E-state index in [1.54, 1.807) is 31.2 Å². The average Bonchev–Trinajstić information content (AvgIpc) is 2.73. The lowest BCUT2D eigenvalue weighted by Gasteiger charge is -2.15. The first-order valence-electron chi connectivity index (χ1n) is 8.13. The van der Waals surface area contributed by atoms with Gasteiger partial charge >= 0.3 is 6.18 Å².